The summed E-state index contributed by atoms with van der Waals surface area (Å²) in [6.45, 7) is 1.34. The molecule has 2 aromatic heterocycles. The van der Waals surface area contributed by atoms with Gasteiger partial charge in [0, 0.05) is 42.9 Å². The summed E-state index contributed by atoms with van der Waals surface area (Å²) in [5.41, 5.74) is 1.79. The molecule has 1 aromatic carbocycles. The lowest BCUT2D eigenvalue weighted by atomic mass is 10.1. The Balaban J connectivity index is 1.58. The van der Waals surface area contributed by atoms with E-state index >= 15 is 0 Å². The zero-order chi connectivity index (χ0) is 23.1. The first kappa shape index (κ1) is 21.6. The Hall–Kier alpha value is -3.19. The van der Waals surface area contributed by atoms with Crippen LogP contribution in [-0.2, 0) is 0 Å². The minimum absolute atomic E-state index is 0.00701. The van der Waals surface area contributed by atoms with E-state index in [1.807, 2.05) is 4.90 Å². The van der Waals surface area contributed by atoms with Crippen molar-refractivity contribution < 1.29 is 20.2 Å². The van der Waals surface area contributed by atoms with E-state index in [0.29, 0.717) is 23.4 Å². The topological polar surface area (TPSA) is 163 Å². The predicted molar refractivity (Wildman–Crippen MR) is 118 cm³/mol. The van der Waals surface area contributed by atoms with E-state index in [9.17, 15) is 25.4 Å². The minimum Gasteiger partial charge on any atom is -0.396 e. The van der Waals surface area contributed by atoms with Crippen molar-refractivity contribution in [3.05, 3.63) is 47.0 Å². The number of rotatable bonds is 6. The Morgan fingerprint density at radius 3 is 2.61 bits per heavy atom. The van der Waals surface area contributed by atoms with E-state index in [-0.39, 0.29) is 18.3 Å². The molecule has 33 heavy (non-hydrogen) atoms. The van der Waals surface area contributed by atoms with Crippen molar-refractivity contribution >= 4 is 28.4 Å². The normalized spacial score (nSPS) is 27.3. The molecule has 3 aromatic rings. The second-order valence-corrected chi connectivity index (χ2v) is 8.54. The quantitative estimate of drug-likeness (QED) is 0.304. The molecule has 12 heteroatoms. The van der Waals surface area contributed by atoms with Crippen LogP contribution < -0.4 is 10.2 Å². The highest BCUT2D eigenvalue weighted by molar-refractivity contribution is 5.86. The number of nitro benzene ring substituents is 1. The van der Waals surface area contributed by atoms with Gasteiger partial charge in [-0.1, -0.05) is 0 Å². The Labute approximate surface area is 188 Å². The van der Waals surface area contributed by atoms with Gasteiger partial charge in [-0.05, 0) is 31.5 Å². The van der Waals surface area contributed by atoms with Gasteiger partial charge in [-0.15, -0.1) is 0 Å². The first-order chi connectivity index (χ1) is 16.0. The van der Waals surface area contributed by atoms with Gasteiger partial charge in [-0.25, -0.2) is 15.0 Å². The molecule has 1 aliphatic heterocycles. The highest BCUT2D eigenvalue weighted by Gasteiger charge is 2.43. The molecule has 0 amide bonds. The number of aliphatic hydroxyl groups excluding tert-OH is 3. The van der Waals surface area contributed by atoms with Crippen LogP contribution in [-0.4, -0.2) is 77.7 Å². The third-order valence-electron chi connectivity index (χ3n) is 6.67. The molecule has 2 aliphatic rings. The number of non-ortho nitro benzene ring substituents is 1. The molecule has 2 fully saturated rings. The molecule has 12 nitrogen and oxygen atoms in total. The maximum atomic E-state index is 11.1. The summed E-state index contributed by atoms with van der Waals surface area (Å²) in [7, 11) is 0. The van der Waals surface area contributed by atoms with Crippen LogP contribution in [0.3, 0.4) is 0 Å². The lowest BCUT2D eigenvalue weighted by molar-refractivity contribution is -0.384. The summed E-state index contributed by atoms with van der Waals surface area (Å²) in [6, 6.07) is 5.91. The molecule has 1 saturated carbocycles. The highest BCUT2D eigenvalue weighted by atomic mass is 16.6. The molecule has 0 bridgehead atoms. The van der Waals surface area contributed by atoms with Crippen molar-refractivity contribution in [2.45, 2.75) is 37.1 Å². The summed E-state index contributed by atoms with van der Waals surface area (Å²) >= 11 is 0. The maximum Gasteiger partial charge on any atom is 0.269 e. The molecule has 3 heterocycles. The third-order valence-corrected chi connectivity index (χ3v) is 6.67. The molecule has 2 unspecified atom stereocenters. The van der Waals surface area contributed by atoms with Crippen molar-refractivity contribution in [3.63, 3.8) is 0 Å². The summed E-state index contributed by atoms with van der Waals surface area (Å²) < 4.78 is 1.73. The lowest BCUT2D eigenvalue weighted by Gasteiger charge is -2.29. The number of nitrogens with zero attached hydrogens (tertiary/aromatic N) is 6. The smallest absolute Gasteiger partial charge is 0.269 e. The molecule has 0 radical (unpaired) electrons. The molecule has 1 saturated heterocycles. The zero-order valence-corrected chi connectivity index (χ0v) is 17.7. The molecule has 5 rings (SSSR count). The van der Waals surface area contributed by atoms with Gasteiger partial charge in [0.2, 0.25) is 0 Å². The van der Waals surface area contributed by atoms with Gasteiger partial charge < -0.3 is 30.1 Å². The fourth-order valence-corrected chi connectivity index (χ4v) is 4.92. The van der Waals surface area contributed by atoms with Gasteiger partial charge >= 0.3 is 0 Å². The molecular formula is C21H25N7O5. The number of benzene rings is 1. The standard InChI is InChI=1S/C21H25N7O5/c29-9-12-7-16(19(31)18(12)30)26-11-25-17-20(26)23-10-24-21(17)27(15-5-6-22-8-15)13-1-3-14(4-2-13)28(32)33/h1-4,10-12,15-16,18-19,22,29-31H,5-9H2/t12-,15?,16?,18-,19+/m1/s1. The number of fused-ring (bicyclic) bond motifs is 1. The van der Waals surface area contributed by atoms with Gasteiger partial charge in [0.05, 0.1) is 23.4 Å². The fraction of sp³-hybridized carbons (Fsp3) is 0.476. The van der Waals surface area contributed by atoms with Crippen LogP contribution >= 0.6 is 0 Å². The lowest BCUT2D eigenvalue weighted by Crippen LogP contribution is -2.33. The number of imidazole rings is 1. The van der Waals surface area contributed by atoms with Crippen LogP contribution in [0.25, 0.3) is 11.2 Å². The fourth-order valence-electron chi connectivity index (χ4n) is 4.92. The van der Waals surface area contributed by atoms with E-state index in [4.69, 9.17) is 0 Å². The first-order valence-electron chi connectivity index (χ1n) is 10.9. The summed E-state index contributed by atoms with van der Waals surface area (Å²) in [4.78, 5) is 26.1. The van der Waals surface area contributed by atoms with Crippen molar-refractivity contribution in [2.75, 3.05) is 24.6 Å². The average Bonchev–Trinajstić information content (AvgIpc) is 3.56. The molecular weight excluding hydrogens is 430 g/mol. The van der Waals surface area contributed by atoms with E-state index in [0.717, 1.165) is 25.2 Å². The summed E-state index contributed by atoms with van der Waals surface area (Å²) in [6.07, 6.45) is 2.17. The molecule has 5 atom stereocenters. The number of nitro groups is 1. The van der Waals surface area contributed by atoms with E-state index in [1.54, 1.807) is 23.0 Å². The maximum absolute atomic E-state index is 11.1. The number of anilines is 2. The first-order valence-corrected chi connectivity index (χ1v) is 10.9. The second-order valence-electron chi connectivity index (χ2n) is 8.54. The number of hydrogen-bond acceptors (Lipinski definition) is 10. The van der Waals surface area contributed by atoms with Gasteiger partial charge in [-0.3, -0.25) is 10.1 Å². The number of nitrogens with one attached hydrogen (secondary N) is 1. The van der Waals surface area contributed by atoms with Crippen LogP contribution in [0, 0.1) is 16.0 Å². The predicted octanol–water partition coefficient (Wildman–Crippen LogP) is 0.510. The van der Waals surface area contributed by atoms with Crippen molar-refractivity contribution in [1.29, 1.82) is 0 Å². The second kappa shape index (κ2) is 8.63. The van der Waals surface area contributed by atoms with Gasteiger partial charge in [0.1, 0.15) is 12.4 Å². The highest BCUT2D eigenvalue weighted by Crippen LogP contribution is 2.38. The van der Waals surface area contributed by atoms with Gasteiger partial charge in [0.15, 0.2) is 17.0 Å². The monoisotopic (exact) mass is 455 g/mol. The van der Waals surface area contributed by atoms with Crippen molar-refractivity contribution in [2.24, 2.45) is 5.92 Å². The van der Waals surface area contributed by atoms with E-state index in [1.165, 1.54) is 18.5 Å². The van der Waals surface area contributed by atoms with E-state index < -0.39 is 29.1 Å². The molecule has 0 spiro atoms. The number of aromatic nitrogens is 4. The average molecular weight is 455 g/mol. The summed E-state index contributed by atoms with van der Waals surface area (Å²) in [5, 5.41) is 44.8. The van der Waals surface area contributed by atoms with Gasteiger partial charge in [-0.2, -0.15) is 0 Å². The van der Waals surface area contributed by atoms with Gasteiger partial charge in [0.25, 0.3) is 5.69 Å². The molecule has 1 aliphatic carbocycles. The molecule has 174 valence electrons. The van der Waals surface area contributed by atoms with Crippen molar-refractivity contribution in [3.8, 4) is 0 Å². The SMILES string of the molecule is O=[N+]([O-])c1ccc(N(c2ncnc3c2ncn3C2C[C@H](CO)[C@@H](O)[C@H]2O)C2CCNC2)cc1. The minimum atomic E-state index is -1.05. The van der Waals surface area contributed by atoms with Crippen LogP contribution in [0.15, 0.2) is 36.9 Å². The van der Waals surface area contributed by atoms with Crippen LogP contribution in [0.5, 0.6) is 0 Å². The van der Waals surface area contributed by atoms with E-state index in [2.05, 4.69) is 20.3 Å². The third kappa shape index (κ3) is 3.70. The summed E-state index contributed by atoms with van der Waals surface area (Å²) in [5.74, 6) is 0.137. The van der Waals surface area contributed by atoms with Crippen LogP contribution in [0.1, 0.15) is 18.9 Å². The largest absolute Gasteiger partial charge is 0.396 e. The Kier molecular flexibility index (Phi) is 5.66. The number of hydrogen-bond donors (Lipinski definition) is 4. The Bertz CT molecular complexity index is 1150. The Morgan fingerprint density at radius 2 is 1.97 bits per heavy atom. The number of aliphatic hydroxyl groups is 3. The van der Waals surface area contributed by atoms with Crippen LogP contribution in [0.2, 0.25) is 0 Å². The van der Waals surface area contributed by atoms with Crippen LogP contribution in [0.4, 0.5) is 17.2 Å². The zero-order valence-electron chi connectivity index (χ0n) is 17.7. The van der Waals surface area contributed by atoms with Crippen molar-refractivity contribution in [1.82, 2.24) is 24.8 Å². The molecule has 4 N–H and O–H groups in total. The Morgan fingerprint density at radius 1 is 1.18 bits per heavy atom.